The molecular formula is C18H20Cl2O3S. The van der Waals surface area contributed by atoms with Gasteiger partial charge in [0, 0.05) is 36.5 Å². The lowest BCUT2D eigenvalue weighted by Gasteiger charge is -2.26. The number of hydrogen-bond acceptors (Lipinski definition) is 3. The number of aliphatic carboxylic acids is 1. The summed E-state index contributed by atoms with van der Waals surface area (Å²) < 4.78 is 5.84. The van der Waals surface area contributed by atoms with E-state index in [-0.39, 0.29) is 0 Å². The fourth-order valence-corrected chi connectivity index (χ4v) is 4.23. The highest BCUT2D eigenvalue weighted by Gasteiger charge is 2.32. The Morgan fingerprint density at radius 2 is 1.83 bits per heavy atom. The highest BCUT2D eigenvalue weighted by molar-refractivity contribution is 7.12. The van der Waals surface area contributed by atoms with Crippen LogP contribution in [0, 0.1) is 13.8 Å². The largest absolute Gasteiger partial charge is 0.479 e. The molecule has 130 valence electrons. The molecule has 2 aromatic rings. The smallest absolute Gasteiger partial charge is 0.337 e. The van der Waals surface area contributed by atoms with E-state index in [4.69, 9.17) is 27.9 Å². The highest BCUT2D eigenvalue weighted by Crippen LogP contribution is 2.44. The van der Waals surface area contributed by atoms with Gasteiger partial charge in [-0.1, -0.05) is 29.3 Å². The van der Waals surface area contributed by atoms with Crippen molar-refractivity contribution in [3.8, 4) is 11.1 Å². The summed E-state index contributed by atoms with van der Waals surface area (Å²) in [6, 6.07) is 5.23. The minimum atomic E-state index is -1.06. The Bertz CT molecular complexity index is 775. The molecule has 1 unspecified atom stereocenters. The van der Waals surface area contributed by atoms with Crippen LogP contribution in [0.4, 0.5) is 0 Å². The van der Waals surface area contributed by atoms with Crippen molar-refractivity contribution in [1.82, 2.24) is 0 Å². The molecule has 0 spiro atoms. The van der Waals surface area contributed by atoms with Crippen molar-refractivity contribution in [2.24, 2.45) is 0 Å². The van der Waals surface area contributed by atoms with Crippen LogP contribution in [0.5, 0.6) is 0 Å². The van der Waals surface area contributed by atoms with Crippen LogP contribution in [0.25, 0.3) is 11.1 Å². The first-order valence-electron chi connectivity index (χ1n) is 7.47. The van der Waals surface area contributed by atoms with Gasteiger partial charge in [-0.3, -0.25) is 0 Å². The second-order valence-corrected chi connectivity index (χ2v) is 8.85. The molecule has 0 bridgehead atoms. The SMILES string of the molecule is Cc1sc(C)c(C(OC(C)(C)C)C(=O)O)c1-c1ccc(Cl)cc1Cl. The van der Waals surface area contributed by atoms with Gasteiger partial charge in [0.05, 0.1) is 5.60 Å². The molecular weight excluding hydrogens is 367 g/mol. The average molecular weight is 387 g/mol. The minimum Gasteiger partial charge on any atom is -0.479 e. The molecule has 0 amide bonds. The number of aryl methyl sites for hydroxylation is 2. The zero-order valence-electron chi connectivity index (χ0n) is 14.2. The number of carbonyl (C=O) groups is 1. The summed E-state index contributed by atoms with van der Waals surface area (Å²) in [5.41, 5.74) is 1.65. The number of carboxylic acids is 1. The molecule has 0 aliphatic carbocycles. The Morgan fingerprint density at radius 3 is 2.33 bits per heavy atom. The van der Waals surface area contributed by atoms with E-state index in [0.717, 1.165) is 20.9 Å². The molecule has 0 saturated heterocycles. The van der Waals surface area contributed by atoms with Gasteiger partial charge in [0.1, 0.15) is 0 Å². The molecule has 0 radical (unpaired) electrons. The summed E-state index contributed by atoms with van der Waals surface area (Å²) >= 11 is 13.9. The fourth-order valence-electron chi connectivity index (χ4n) is 2.63. The van der Waals surface area contributed by atoms with Gasteiger partial charge < -0.3 is 9.84 Å². The Kier molecular flexibility index (Phi) is 5.65. The van der Waals surface area contributed by atoms with E-state index >= 15 is 0 Å². The number of thiophene rings is 1. The van der Waals surface area contributed by atoms with E-state index in [2.05, 4.69) is 0 Å². The maximum Gasteiger partial charge on any atom is 0.337 e. The summed E-state index contributed by atoms with van der Waals surface area (Å²) in [4.78, 5) is 13.8. The zero-order chi connectivity index (χ0) is 18.2. The molecule has 1 N–H and O–H groups in total. The lowest BCUT2D eigenvalue weighted by molar-refractivity contribution is -0.160. The molecule has 1 aromatic carbocycles. The minimum absolute atomic E-state index is 0.490. The monoisotopic (exact) mass is 386 g/mol. The molecule has 0 fully saturated rings. The van der Waals surface area contributed by atoms with Crippen molar-refractivity contribution < 1.29 is 14.6 Å². The molecule has 2 rings (SSSR count). The van der Waals surface area contributed by atoms with Crippen molar-refractivity contribution in [2.75, 3.05) is 0 Å². The summed E-state index contributed by atoms with van der Waals surface area (Å²) in [5, 5.41) is 10.8. The number of hydrogen-bond donors (Lipinski definition) is 1. The molecule has 0 saturated carbocycles. The quantitative estimate of drug-likeness (QED) is 0.672. The van der Waals surface area contributed by atoms with Crippen molar-refractivity contribution in [1.29, 1.82) is 0 Å². The van der Waals surface area contributed by atoms with Crippen molar-refractivity contribution in [3.05, 3.63) is 43.6 Å². The van der Waals surface area contributed by atoms with Gasteiger partial charge in [0.15, 0.2) is 6.10 Å². The molecule has 24 heavy (non-hydrogen) atoms. The normalized spacial score (nSPS) is 13.1. The van der Waals surface area contributed by atoms with E-state index < -0.39 is 17.7 Å². The molecule has 0 aliphatic heterocycles. The third-order valence-electron chi connectivity index (χ3n) is 3.47. The number of carboxylic acid groups (broad SMARTS) is 1. The Labute approximate surface area is 156 Å². The first kappa shape index (κ1) is 19.3. The van der Waals surface area contributed by atoms with Gasteiger partial charge >= 0.3 is 5.97 Å². The van der Waals surface area contributed by atoms with Crippen molar-refractivity contribution >= 4 is 40.5 Å². The van der Waals surface area contributed by atoms with Crippen LogP contribution >= 0.6 is 34.5 Å². The van der Waals surface area contributed by atoms with Crippen LogP contribution in [0.1, 0.15) is 42.2 Å². The van der Waals surface area contributed by atoms with Gasteiger partial charge in [-0.15, -0.1) is 11.3 Å². The van der Waals surface area contributed by atoms with Crippen LogP contribution in [0.3, 0.4) is 0 Å². The molecule has 3 nitrogen and oxygen atoms in total. The van der Waals surface area contributed by atoms with Gasteiger partial charge in [-0.2, -0.15) is 0 Å². The number of benzene rings is 1. The standard InChI is InChI=1S/C18H20Cl2O3S/c1-9-14(12-7-6-11(19)8-13(12)20)15(10(2)24-9)16(17(21)22)23-18(3,4)5/h6-8,16H,1-5H3,(H,21,22). The molecule has 1 heterocycles. The molecule has 0 aliphatic rings. The maximum atomic E-state index is 11.9. The highest BCUT2D eigenvalue weighted by atomic mass is 35.5. The number of rotatable bonds is 4. The second-order valence-electron chi connectivity index (χ2n) is 6.58. The van der Waals surface area contributed by atoms with E-state index in [1.165, 1.54) is 0 Å². The topological polar surface area (TPSA) is 46.5 Å². The third kappa shape index (κ3) is 4.12. The molecule has 1 atom stereocenters. The van der Waals surface area contributed by atoms with Crippen LogP contribution < -0.4 is 0 Å². The summed E-state index contributed by atoms with van der Waals surface area (Å²) in [7, 11) is 0. The first-order valence-corrected chi connectivity index (χ1v) is 9.04. The maximum absolute atomic E-state index is 11.9. The average Bonchev–Trinajstić information content (AvgIpc) is 2.69. The first-order chi connectivity index (χ1) is 11.0. The zero-order valence-corrected chi connectivity index (χ0v) is 16.6. The van der Waals surface area contributed by atoms with Gasteiger partial charge in [-0.05, 0) is 46.8 Å². The van der Waals surface area contributed by atoms with Crippen LogP contribution in [0.2, 0.25) is 10.0 Å². The van der Waals surface area contributed by atoms with Crippen molar-refractivity contribution in [2.45, 2.75) is 46.3 Å². The Morgan fingerprint density at radius 1 is 1.21 bits per heavy atom. The second kappa shape index (κ2) is 7.04. The van der Waals surface area contributed by atoms with Gasteiger partial charge in [0.2, 0.25) is 0 Å². The van der Waals surface area contributed by atoms with Gasteiger partial charge in [-0.25, -0.2) is 4.79 Å². The summed E-state index contributed by atoms with van der Waals surface area (Å²) in [6.07, 6.45) is -1.06. The van der Waals surface area contributed by atoms with E-state index in [1.807, 2.05) is 40.7 Å². The Balaban J connectivity index is 2.68. The molecule has 1 aromatic heterocycles. The van der Waals surface area contributed by atoms with Crippen LogP contribution in [0.15, 0.2) is 18.2 Å². The molecule has 6 heteroatoms. The predicted octanol–water partition coefficient (Wildman–Crippen LogP) is 6.28. The fraction of sp³-hybridized carbons (Fsp3) is 0.389. The van der Waals surface area contributed by atoms with E-state index in [1.54, 1.807) is 23.5 Å². The predicted molar refractivity (Wildman–Crippen MR) is 100 cm³/mol. The summed E-state index contributed by atoms with van der Waals surface area (Å²) in [5.74, 6) is -1.02. The van der Waals surface area contributed by atoms with Crippen LogP contribution in [-0.4, -0.2) is 16.7 Å². The van der Waals surface area contributed by atoms with E-state index in [9.17, 15) is 9.90 Å². The Hall–Kier alpha value is -1.07. The number of ether oxygens (including phenoxy) is 1. The lowest BCUT2D eigenvalue weighted by atomic mass is 9.96. The lowest BCUT2D eigenvalue weighted by Crippen LogP contribution is -2.27. The van der Waals surface area contributed by atoms with Crippen molar-refractivity contribution in [3.63, 3.8) is 0 Å². The van der Waals surface area contributed by atoms with Crippen LogP contribution in [-0.2, 0) is 9.53 Å². The van der Waals surface area contributed by atoms with E-state index in [0.29, 0.717) is 15.6 Å². The van der Waals surface area contributed by atoms with Gasteiger partial charge in [0.25, 0.3) is 0 Å². The number of halogens is 2. The third-order valence-corrected chi connectivity index (χ3v) is 5.05. The summed E-state index contributed by atoms with van der Waals surface area (Å²) in [6.45, 7) is 9.38.